The van der Waals surface area contributed by atoms with Crippen molar-refractivity contribution in [3.05, 3.63) is 49.0 Å². The summed E-state index contributed by atoms with van der Waals surface area (Å²) < 4.78 is 6.99. The van der Waals surface area contributed by atoms with Gasteiger partial charge >= 0.3 is 0 Å². The van der Waals surface area contributed by atoms with E-state index in [0.717, 1.165) is 24.4 Å². The molecule has 0 N–H and O–H groups in total. The second-order valence-corrected chi connectivity index (χ2v) is 6.99. The van der Waals surface area contributed by atoms with Crippen LogP contribution in [0.15, 0.2) is 38.6 Å². The van der Waals surface area contributed by atoms with E-state index >= 15 is 0 Å². The highest BCUT2D eigenvalue weighted by molar-refractivity contribution is 9.11. The third-order valence-corrected chi connectivity index (χ3v) is 4.71. The van der Waals surface area contributed by atoms with Crippen LogP contribution in [0.3, 0.4) is 0 Å². The lowest BCUT2D eigenvalue weighted by Crippen LogP contribution is -2.01. The van der Waals surface area contributed by atoms with Crippen molar-refractivity contribution in [1.82, 2.24) is 0 Å². The zero-order valence-electron chi connectivity index (χ0n) is 9.57. The second-order valence-electron chi connectivity index (χ2n) is 3.67. The predicted octanol–water partition coefficient (Wildman–Crippen LogP) is 4.71. The molecule has 1 heterocycles. The van der Waals surface area contributed by atoms with Crippen molar-refractivity contribution >= 4 is 49.0 Å². The summed E-state index contributed by atoms with van der Waals surface area (Å²) in [6.45, 7) is 0. The van der Waals surface area contributed by atoms with Crippen molar-refractivity contribution in [3.8, 4) is 5.75 Å². The molecule has 2 nitrogen and oxygen atoms in total. The molecule has 0 aliphatic carbocycles. The molecule has 0 aliphatic rings. The molecule has 0 saturated heterocycles. The van der Waals surface area contributed by atoms with Crippen molar-refractivity contribution in [2.24, 2.45) is 0 Å². The van der Waals surface area contributed by atoms with Gasteiger partial charge in [0.25, 0.3) is 0 Å². The molecule has 0 atom stereocenters. The molecule has 0 amide bonds. The number of benzene rings is 1. The molecule has 94 valence electrons. The Bertz CT molecular complexity index is 578. The van der Waals surface area contributed by atoms with Crippen LogP contribution >= 0.6 is 43.2 Å². The molecule has 18 heavy (non-hydrogen) atoms. The van der Waals surface area contributed by atoms with Crippen LogP contribution in [0, 0.1) is 0 Å². The first-order chi connectivity index (χ1) is 8.60. The van der Waals surface area contributed by atoms with Gasteiger partial charge in [0.2, 0.25) is 0 Å². The van der Waals surface area contributed by atoms with Crippen LogP contribution in [0.25, 0.3) is 0 Å². The number of thiophene rings is 1. The predicted molar refractivity (Wildman–Crippen MR) is 80.7 cm³/mol. The van der Waals surface area contributed by atoms with Crippen LogP contribution in [-0.4, -0.2) is 12.9 Å². The van der Waals surface area contributed by atoms with E-state index in [1.54, 1.807) is 7.11 Å². The highest BCUT2D eigenvalue weighted by Gasteiger charge is 2.10. The summed E-state index contributed by atoms with van der Waals surface area (Å²) in [5, 5.41) is 0. The number of hydrogen-bond acceptors (Lipinski definition) is 3. The van der Waals surface area contributed by atoms with E-state index in [4.69, 9.17) is 4.74 Å². The van der Waals surface area contributed by atoms with E-state index in [1.807, 2.05) is 30.3 Å². The third kappa shape index (κ3) is 3.22. The number of ketones is 1. The minimum absolute atomic E-state index is 0.128. The Hall–Kier alpha value is -0.650. The molecule has 2 rings (SSSR count). The number of halogens is 2. The number of ether oxygens (including phenoxy) is 1. The van der Waals surface area contributed by atoms with Gasteiger partial charge in [-0.05, 0) is 61.7 Å². The first kappa shape index (κ1) is 13.8. The summed E-state index contributed by atoms with van der Waals surface area (Å²) in [6, 6.07) is 9.41. The van der Waals surface area contributed by atoms with Crippen LogP contribution in [0.5, 0.6) is 5.75 Å². The van der Waals surface area contributed by atoms with Gasteiger partial charge in [-0.15, -0.1) is 11.3 Å². The lowest BCUT2D eigenvalue weighted by molar-refractivity contribution is 0.0997. The first-order valence-electron chi connectivity index (χ1n) is 5.21. The van der Waals surface area contributed by atoms with Crippen molar-refractivity contribution in [1.29, 1.82) is 0 Å². The third-order valence-electron chi connectivity index (χ3n) is 2.43. The fourth-order valence-corrected chi connectivity index (χ4v) is 3.47. The largest absolute Gasteiger partial charge is 0.496 e. The lowest BCUT2D eigenvalue weighted by atomic mass is 10.1. The van der Waals surface area contributed by atoms with Gasteiger partial charge in [-0.25, -0.2) is 0 Å². The van der Waals surface area contributed by atoms with Crippen molar-refractivity contribution in [2.75, 3.05) is 7.11 Å². The van der Waals surface area contributed by atoms with Crippen molar-refractivity contribution in [3.63, 3.8) is 0 Å². The molecule has 0 unspecified atom stereocenters. The lowest BCUT2D eigenvalue weighted by Gasteiger charge is -2.05. The van der Waals surface area contributed by atoms with E-state index in [1.165, 1.54) is 11.3 Å². The number of hydrogen-bond donors (Lipinski definition) is 0. The van der Waals surface area contributed by atoms with E-state index in [-0.39, 0.29) is 5.78 Å². The van der Waals surface area contributed by atoms with E-state index in [0.29, 0.717) is 6.42 Å². The summed E-state index contributed by atoms with van der Waals surface area (Å²) in [5.74, 6) is 0.896. The minimum atomic E-state index is 0.128. The number of carbonyl (C=O) groups excluding carboxylic acids is 1. The number of carbonyl (C=O) groups is 1. The van der Waals surface area contributed by atoms with E-state index in [9.17, 15) is 4.79 Å². The Morgan fingerprint density at radius 1 is 1.28 bits per heavy atom. The van der Waals surface area contributed by atoms with Crippen molar-refractivity contribution in [2.45, 2.75) is 6.42 Å². The molecule has 0 radical (unpaired) electrons. The Morgan fingerprint density at radius 3 is 2.61 bits per heavy atom. The molecule has 0 fully saturated rings. The topological polar surface area (TPSA) is 26.3 Å². The van der Waals surface area contributed by atoms with Crippen LogP contribution in [-0.2, 0) is 6.42 Å². The molecule has 1 aromatic carbocycles. The summed E-state index contributed by atoms with van der Waals surface area (Å²) in [6.07, 6.45) is 0.398. The van der Waals surface area contributed by atoms with Gasteiger partial charge in [-0.2, -0.15) is 0 Å². The van der Waals surface area contributed by atoms with E-state index < -0.39 is 0 Å². The Morgan fingerprint density at radius 2 is 2.06 bits per heavy atom. The average Bonchev–Trinajstić information content (AvgIpc) is 2.76. The van der Waals surface area contributed by atoms with Crippen LogP contribution in [0.2, 0.25) is 0 Å². The molecule has 0 aliphatic heterocycles. The molecule has 0 spiro atoms. The van der Waals surface area contributed by atoms with Crippen LogP contribution in [0.4, 0.5) is 0 Å². The minimum Gasteiger partial charge on any atom is -0.496 e. The van der Waals surface area contributed by atoms with E-state index in [2.05, 4.69) is 31.9 Å². The average molecular weight is 390 g/mol. The summed E-state index contributed by atoms with van der Waals surface area (Å²) in [4.78, 5) is 12.8. The smallest absolute Gasteiger partial charge is 0.177 e. The molecule has 0 saturated carbocycles. The second kappa shape index (κ2) is 5.99. The number of Topliss-reactive ketones (excluding diaryl/α,β-unsaturated/α-hetero) is 1. The highest BCUT2D eigenvalue weighted by atomic mass is 79.9. The SMILES string of the molecule is COc1ccc(CC(=O)c2ccc(Br)s2)cc1Br. The van der Waals surface area contributed by atoms with Gasteiger partial charge in [-0.1, -0.05) is 6.07 Å². The van der Waals surface area contributed by atoms with Crippen LogP contribution < -0.4 is 4.74 Å². The van der Waals surface area contributed by atoms with Crippen molar-refractivity contribution < 1.29 is 9.53 Å². The standard InChI is InChI=1S/C13H10Br2O2S/c1-17-11-3-2-8(6-9(11)14)7-10(16)12-4-5-13(15)18-12/h2-6H,7H2,1H3. The zero-order valence-corrected chi connectivity index (χ0v) is 13.6. The van der Waals surface area contributed by atoms with Crippen LogP contribution in [0.1, 0.15) is 15.2 Å². The monoisotopic (exact) mass is 388 g/mol. The van der Waals surface area contributed by atoms with Gasteiger partial charge in [0.05, 0.1) is 20.2 Å². The molecule has 0 bridgehead atoms. The molecular formula is C13H10Br2O2S. The maximum Gasteiger partial charge on any atom is 0.177 e. The Labute approximate surface area is 126 Å². The zero-order chi connectivity index (χ0) is 13.1. The Balaban J connectivity index is 2.14. The summed E-state index contributed by atoms with van der Waals surface area (Å²) >= 11 is 8.23. The molecule has 5 heteroatoms. The quantitative estimate of drug-likeness (QED) is 0.708. The van der Waals surface area contributed by atoms with Gasteiger partial charge in [-0.3, -0.25) is 4.79 Å². The van der Waals surface area contributed by atoms with Gasteiger partial charge in [0.1, 0.15) is 5.75 Å². The molecule has 2 aromatic rings. The Kier molecular flexibility index (Phi) is 4.59. The maximum atomic E-state index is 12.0. The van der Waals surface area contributed by atoms with Gasteiger partial charge in [0.15, 0.2) is 5.78 Å². The first-order valence-corrected chi connectivity index (χ1v) is 7.61. The van der Waals surface area contributed by atoms with Gasteiger partial charge < -0.3 is 4.74 Å². The molecular weight excluding hydrogens is 380 g/mol. The van der Waals surface area contributed by atoms with Gasteiger partial charge in [0, 0.05) is 6.42 Å². The fourth-order valence-electron chi connectivity index (χ4n) is 1.56. The molecule has 1 aromatic heterocycles. The summed E-state index contributed by atoms with van der Waals surface area (Å²) in [7, 11) is 1.62. The number of methoxy groups -OCH3 is 1. The summed E-state index contributed by atoms with van der Waals surface area (Å²) in [5.41, 5.74) is 0.970. The maximum absolute atomic E-state index is 12.0. The highest BCUT2D eigenvalue weighted by Crippen LogP contribution is 2.27. The normalized spacial score (nSPS) is 10.4. The fraction of sp³-hybridized carbons (Fsp3) is 0.154. The number of rotatable bonds is 4.